The van der Waals surface area contributed by atoms with E-state index in [0.717, 1.165) is 11.0 Å². The Morgan fingerprint density at radius 3 is 2.27 bits per heavy atom. The third kappa shape index (κ3) is 7.42. The minimum atomic E-state index is -3.57. The second kappa shape index (κ2) is 9.65. The molecule has 0 saturated heterocycles. The Morgan fingerprint density at radius 1 is 0.923 bits per heavy atom. The lowest BCUT2D eigenvalue weighted by molar-refractivity contribution is -0.116. The number of carbonyl (C=O) groups excluding carboxylic acids is 1. The summed E-state index contributed by atoms with van der Waals surface area (Å²) in [6.45, 7) is 0.211. The monoisotopic (exact) mass is 374 g/mol. The van der Waals surface area contributed by atoms with E-state index >= 15 is 0 Å². The van der Waals surface area contributed by atoms with Gasteiger partial charge in [-0.2, -0.15) is 0 Å². The molecule has 0 aromatic heterocycles. The molecule has 136 valence electrons. The summed E-state index contributed by atoms with van der Waals surface area (Å²) in [6, 6.07) is 14.8. The fourth-order valence-electron chi connectivity index (χ4n) is 1.96. The van der Waals surface area contributed by atoms with Gasteiger partial charge >= 0.3 is 0 Å². The molecule has 0 radical (unpaired) electrons. The standard InChI is InChI=1S/C19H19FN2O3S/c20-18-9-6-17(7-10-18)8-11-19(23)21-13-14-22-26(24,25)15-12-16-4-2-1-3-5-16/h1-12,15,22H,13-14H2,(H,21,23)/b11-8?,15-12+. The molecule has 5 nitrogen and oxygen atoms in total. The van der Waals surface area contributed by atoms with Gasteiger partial charge in [0, 0.05) is 24.6 Å². The first-order valence-corrected chi connectivity index (χ1v) is 9.43. The Morgan fingerprint density at radius 2 is 1.58 bits per heavy atom. The molecule has 0 aliphatic rings. The van der Waals surface area contributed by atoms with Gasteiger partial charge in [-0.1, -0.05) is 42.5 Å². The van der Waals surface area contributed by atoms with Gasteiger partial charge in [-0.25, -0.2) is 17.5 Å². The molecular weight excluding hydrogens is 355 g/mol. The van der Waals surface area contributed by atoms with Crippen LogP contribution < -0.4 is 10.0 Å². The van der Waals surface area contributed by atoms with Crippen LogP contribution in [0.3, 0.4) is 0 Å². The summed E-state index contributed by atoms with van der Waals surface area (Å²) in [4.78, 5) is 11.7. The molecule has 0 unspecified atom stereocenters. The maximum atomic E-state index is 12.8. The van der Waals surface area contributed by atoms with E-state index < -0.39 is 10.0 Å². The number of nitrogens with one attached hydrogen (secondary N) is 2. The van der Waals surface area contributed by atoms with Gasteiger partial charge in [0.15, 0.2) is 0 Å². The zero-order valence-electron chi connectivity index (χ0n) is 13.9. The average molecular weight is 374 g/mol. The molecule has 0 aliphatic carbocycles. The van der Waals surface area contributed by atoms with Crippen molar-refractivity contribution in [2.75, 3.05) is 13.1 Å². The van der Waals surface area contributed by atoms with Crippen LogP contribution >= 0.6 is 0 Å². The summed E-state index contributed by atoms with van der Waals surface area (Å²) in [7, 11) is -3.57. The molecule has 2 aromatic carbocycles. The summed E-state index contributed by atoms with van der Waals surface area (Å²) < 4.78 is 38.8. The largest absolute Gasteiger partial charge is 0.351 e. The lowest BCUT2D eigenvalue weighted by atomic mass is 10.2. The van der Waals surface area contributed by atoms with Crippen LogP contribution in [-0.2, 0) is 14.8 Å². The van der Waals surface area contributed by atoms with Crippen molar-refractivity contribution in [2.45, 2.75) is 0 Å². The van der Waals surface area contributed by atoms with Crippen molar-refractivity contribution in [1.82, 2.24) is 10.0 Å². The van der Waals surface area contributed by atoms with Gasteiger partial charge in [-0.05, 0) is 35.4 Å². The Balaban J connectivity index is 1.72. The normalized spacial score (nSPS) is 11.9. The molecule has 2 rings (SSSR count). The summed E-state index contributed by atoms with van der Waals surface area (Å²) >= 11 is 0. The quantitative estimate of drug-likeness (QED) is 0.551. The molecule has 0 fully saturated rings. The summed E-state index contributed by atoms with van der Waals surface area (Å²) in [5, 5.41) is 3.64. The fourth-order valence-corrected chi connectivity index (χ4v) is 2.78. The molecule has 7 heteroatoms. The molecule has 1 amide bonds. The first-order valence-electron chi connectivity index (χ1n) is 7.89. The molecular formula is C19H19FN2O3S. The molecule has 2 N–H and O–H groups in total. The van der Waals surface area contributed by atoms with E-state index in [1.807, 2.05) is 18.2 Å². The van der Waals surface area contributed by atoms with Crippen LogP contribution in [0.25, 0.3) is 12.2 Å². The lowest BCUT2D eigenvalue weighted by Crippen LogP contribution is -2.33. The highest BCUT2D eigenvalue weighted by molar-refractivity contribution is 7.92. The van der Waals surface area contributed by atoms with Crippen molar-refractivity contribution in [1.29, 1.82) is 0 Å². The third-order valence-corrected chi connectivity index (χ3v) is 4.36. The van der Waals surface area contributed by atoms with Crippen molar-refractivity contribution in [2.24, 2.45) is 0 Å². The van der Waals surface area contributed by atoms with Crippen molar-refractivity contribution >= 4 is 28.1 Å². The van der Waals surface area contributed by atoms with Crippen LogP contribution in [0.4, 0.5) is 4.39 Å². The molecule has 0 saturated carbocycles. The van der Waals surface area contributed by atoms with Crippen LogP contribution in [0.15, 0.2) is 66.1 Å². The van der Waals surface area contributed by atoms with Crippen LogP contribution in [0, 0.1) is 5.82 Å². The highest BCUT2D eigenvalue weighted by Gasteiger charge is 2.04. The fraction of sp³-hybridized carbons (Fsp3) is 0.105. The van der Waals surface area contributed by atoms with E-state index in [1.165, 1.54) is 24.3 Å². The van der Waals surface area contributed by atoms with Crippen molar-refractivity contribution in [3.05, 3.63) is 83.0 Å². The number of sulfonamides is 1. The Hall–Kier alpha value is -2.77. The Kier molecular flexibility index (Phi) is 7.25. The Bertz CT molecular complexity index is 877. The summed E-state index contributed by atoms with van der Waals surface area (Å²) in [5.41, 5.74) is 1.46. The van der Waals surface area contributed by atoms with Crippen LogP contribution in [0.5, 0.6) is 0 Å². The maximum Gasteiger partial charge on any atom is 0.244 e. The van der Waals surface area contributed by atoms with E-state index in [1.54, 1.807) is 30.3 Å². The van der Waals surface area contributed by atoms with Gasteiger partial charge in [0.1, 0.15) is 5.82 Å². The van der Waals surface area contributed by atoms with Gasteiger partial charge in [-0.3, -0.25) is 4.79 Å². The molecule has 0 bridgehead atoms. The summed E-state index contributed by atoms with van der Waals surface area (Å²) in [6.07, 6.45) is 4.34. The number of hydrogen-bond donors (Lipinski definition) is 2. The van der Waals surface area contributed by atoms with Crippen LogP contribution in [0.2, 0.25) is 0 Å². The maximum absolute atomic E-state index is 12.8. The van der Waals surface area contributed by atoms with Gasteiger partial charge in [0.25, 0.3) is 0 Å². The second-order valence-corrected chi connectivity index (χ2v) is 6.98. The average Bonchev–Trinajstić information content (AvgIpc) is 2.64. The molecule has 0 atom stereocenters. The molecule has 0 aliphatic heterocycles. The predicted octanol–water partition coefficient (Wildman–Crippen LogP) is 2.55. The zero-order chi connectivity index (χ0) is 18.8. The van der Waals surface area contributed by atoms with E-state index in [9.17, 15) is 17.6 Å². The topological polar surface area (TPSA) is 75.3 Å². The van der Waals surface area contributed by atoms with Crippen molar-refractivity contribution in [3.63, 3.8) is 0 Å². The predicted molar refractivity (Wildman–Crippen MR) is 101 cm³/mol. The first kappa shape index (κ1) is 19.6. The number of halogens is 1. The van der Waals surface area contributed by atoms with E-state index in [-0.39, 0.29) is 24.8 Å². The number of carbonyl (C=O) groups is 1. The Labute approximate surface area is 152 Å². The van der Waals surface area contributed by atoms with Crippen LogP contribution in [0.1, 0.15) is 11.1 Å². The van der Waals surface area contributed by atoms with Gasteiger partial charge in [0.2, 0.25) is 15.9 Å². The zero-order valence-corrected chi connectivity index (χ0v) is 14.7. The lowest BCUT2D eigenvalue weighted by Gasteiger charge is -2.04. The number of amides is 1. The van der Waals surface area contributed by atoms with Crippen molar-refractivity contribution in [3.8, 4) is 0 Å². The van der Waals surface area contributed by atoms with Gasteiger partial charge in [-0.15, -0.1) is 0 Å². The number of rotatable bonds is 8. The number of hydrogen-bond acceptors (Lipinski definition) is 3. The van der Waals surface area contributed by atoms with Gasteiger partial charge < -0.3 is 5.32 Å². The van der Waals surface area contributed by atoms with Crippen molar-refractivity contribution < 1.29 is 17.6 Å². The minimum Gasteiger partial charge on any atom is -0.351 e. The molecule has 0 spiro atoms. The van der Waals surface area contributed by atoms with E-state index in [4.69, 9.17) is 0 Å². The highest BCUT2D eigenvalue weighted by atomic mass is 32.2. The van der Waals surface area contributed by atoms with E-state index in [2.05, 4.69) is 10.0 Å². The third-order valence-electron chi connectivity index (χ3n) is 3.26. The van der Waals surface area contributed by atoms with Crippen LogP contribution in [-0.4, -0.2) is 27.4 Å². The smallest absolute Gasteiger partial charge is 0.244 e. The van der Waals surface area contributed by atoms with E-state index in [0.29, 0.717) is 5.56 Å². The van der Waals surface area contributed by atoms with Gasteiger partial charge in [0.05, 0.1) is 0 Å². The second-order valence-electron chi connectivity index (χ2n) is 5.33. The first-order chi connectivity index (χ1) is 12.4. The highest BCUT2D eigenvalue weighted by Crippen LogP contribution is 2.04. The SMILES string of the molecule is O=C(C=Cc1ccc(F)cc1)NCCNS(=O)(=O)/C=C/c1ccccc1. The number of benzene rings is 2. The minimum absolute atomic E-state index is 0.0671. The summed E-state index contributed by atoms with van der Waals surface area (Å²) in [5.74, 6) is -0.714. The molecule has 2 aromatic rings. The molecule has 0 heterocycles. The molecule has 26 heavy (non-hydrogen) atoms.